The molecule has 0 saturated carbocycles. The summed E-state index contributed by atoms with van der Waals surface area (Å²) in [7, 11) is 0. The molecule has 1 aromatic carbocycles. The van der Waals surface area contributed by atoms with Crippen LogP contribution < -0.4 is 11.1 Å². The van der Waals surface area contributed by atoms with Crippen LogP contribution in [0.1, 0.15) is 45.2 Å². The zero-order valence-electron chi connectivity index (χ0n) is 14.8. The fraction of sp³-hybridized carbons (Fsp3) is 0.611. The van der Waals surface area contributed by atoms with Crippen molar-refractivity contribution < 1.29 is 0 Å². The number of rotatable bonds is 6. The van der Waals surface area contributed by atoms with Crippen LogP contribution in [0.25, 0.3) is 0 Å². The Morgan fingerprint density at radius 3 is 2.48 bits per heavy atom. The topological polar surface area (TPSA) is 53.6 Å². The Morgan fingerprint density at radius 1 is 1.17 bits per heavy atom. The van der Waals surface area contributed by atoms with Crippen LogP contribution in [0.5, 0.6) is 0 Å². The number of nitrogens with zero attached hydrogens (tertiary/aromatic N) is 2. The molecule has 0 fully saturated rings. The van der Waals surface area contributed by atoms with Gasteiger partial charge in [0.2, 0.25) is 0 Å². The molecule has 0 aliphatic heterocycles. The van der Waals surface area contributed by atoms with Gasteiger partial charge >= 0.3 is 0 Å². The molecule has 0 saturated heterocycles. The zero-order valence-corrected chi connectivity index (χ0v) is 17.1. The first-order valence-corrected chi connectivity index (χ1v) is 8.42. The highest BCUT2D eigenvalue weighted by Gasteiger charge is 2.13. The minimum atomic E-state index is 0. The highest BCUT2D eigenvalue weighted by atomic mass is 127. The zero-order chi connectivity index (χ0) is 16.1. The van der Waals surface area contributed by atoms with E-state index in [9.17, 15) is 0 Å². The first-order chi connectivity index (χ1) is 10.5. The Morgan fingerprint density at radius 2 is 1.83 bits per heavy atom. The number of guanidine groups is 1. The quantitative estimate of drug-likeness (QED) is 0.412. The summed E-state index contributed by atoms with van der Waals surface area (Å²) < 4.78 is 0. The van der Waals surface area contributed by atoms with Crippen LogP contribution in [-0.2, 0) is 12.8 Å². The standard InChI is InChI=1S/C18H30N4.HI/c1-13(2)22(14(3)4)11-10-20-18(19)21-17-9-8-15-6-5-7-16(15)12-17;/h8-9,12-14H,5-7,10-11H2,1-4H3,(H3,19,20,21);1H. The third kappa shape index (κ3) is 5.95. The molecule has 0 atom stereocenters. The highest BCUT2D eigenvalue weighted by Crippen LogP contribution is 2.24. The number of hydrogen-bond acceptors (Lipinski definition) is 2. The van der Waals surface area contributed by atoms with Crippen molar-refractivity contribution in [3.8, 4) is 0 Å². The second-order valence-electron chi connectivity index (χ2n) is 6.65. The summed E-state index contributed by atoms with van der Waals surface area (Å²) in [4.78, 5) is 6.88. The van der Waals surface area contributed by atoms with Crippen LogP contribution in [-0.4, -0.2) is 36.0 Å². The molecule has 1 aliphatic carbocycles. The molecule has 2 rings (SSSR count). The number of aryl methyl sites for hydroxylation is 2. The maximum Gasteiger partial charge on any atom is 0.193 e. The molecule has 0 amide bonds. The summed E-state index contributed by atoms with van der Waals surface area (Å²) >= 11 is 0. The molecule has 3 N–H and O–H groups in total. The van der Waals surface area contributed by atoms with Gasteiger partial charge in [-0.05, 0) is 70.2 Å². The van der Waals surface area contributed by atoms with Crippen LogP contribution in [0.3, 0.4) is 0 Å². The van der Waals surface area contributed by atoms with Crippen LogP contribution >= 0.6 is 24.0 Å². The Hall–Kier alpha value is -0.820. The lowest BCUT2D eigenvalue weighted by Crippen LogP contribution is -2.39. The number of aliphatic imine (C=N–C) groups is 1. The van der Waals surface area contributed by atoms with Crippen LogP contribution in [0.2, 0.25) is 0 Å². The van der Waals surface area contributed by atoms with Gasteiger partial charge in [0.25, 0.3) is 0 Å². The van der Waals surface area contributed by atoms with Gasteiger partial charge in [-0.15, -0.1) is 24.0 Å². The SMILES string of the molecule is CC(C)N(CCN=C(N)Nc1ccc2c(c1)CCC2)C(C)C.I. The van der Waals surface area contributed by atoms with Crippen LogP contribution in [0.4, 0.5) is 5.69 Å². The monoisotopic (exact) mass is 430 g/mol. The first-order valence-electron chi connectivity index (χ1n) is 8.42. The van der Waals surface area contributed by atoms with Crippen molar-refractivity contribution >= 4 is 35.6 Å². The van der Waals surface area contributed by atoms with Gasteiger partial charge in [0.05, 0.1) is 6.54 Å². The van der Waals surface area contributed by atoms with E-state index >= 15 is 0 Å². The molecule has 0 spiro atoms. The molecule has 0 radical (unpaired) electrons. The third-order valence-electron chi connectivity index (χ3n) is 4.34. The number of anilines is 1. The summed E-state index contributed by atoms with van der Waals surface area (Å²) in [6.07, 6.45) is 3.65. The second-order valence-corrected chi connectivity index (χ2v) is 6.65. The maximum absolute atomic E-state index is 6.01. The Labute approximate surface area is 157 Å². The van der Waals surface area contributed by atoms with Gasteiger partial charge in [-0.2, -0.15) is 0 Å². The van der Waals surface area contributed by atoms with E-state index in [0.717, 1.165) is 18.8 Å². The Balaban J connectivity index is 0.00000264. The molecular weight excluding hydrogens is 399 g/mol. The van der Waals surface area contributed by atoms with Crippen molar-refractivity contribution in [1.29, 1.82) is 0 Å². The lowest BCUT2D eigenvalue weighted by molar-refractivity contribution is 0.181. The molecule has 1 aliphatic rings. The van der Waals surface area contributed by atoms with E-state index in [0.29, 0.717) is 18.0 Å². The smallest absolute Gasteiger partial charge is 0.193 e. The summed E-state index contributed by atoms with van der Waals surface area (Å²) in [5.74, 6) is 0.505. The van der Waals surface area contributed by atoms with Gasteiger partial charge in [-0.1, -0.05) is 6.07 Å². The van der Waals surface area contributed by atoms with E-state index in [-0.39, 0.29) is 24.0 Å². The molecule has 130 valence electrons. The average molecular weight is 430 g/mol. The number of halogens is 1. The normalized spacial score (nSPS) is 14.3. The summed E-state index contributed by atoms with van der Waals surface area (Å²) in [5.41, 5.74) is 9.98. The van der Waals surface area contributed by atoms with E-state index in [4.69, 9.17) is 5.73 Å². The highest BCUT2D eigenvalue weighted by molar-refractivity contribution is 14.0. The minimum absolute atomic E-state index is 0. The molecule has 5 heteroatoms. The van der Waals surface area contributed by atoms with Gasteiger partial charge in [-0.3, -0.25) is 9.89 Å². The molecule has 4 nitrogen and oxygen atoms in total. The van der Waals surface area contributed by atoms with Crippen molar-refractivity contribution in [2.45, 2.75) is 59.0 Å². The predicted molar refractivity (Wildman–Crippen MR) is 111 cm³/mol. The molecule has 0 bridgehead atoms. The Bertz CT molecular complexity index is 518. The first kappa shape index (κ1) is 20.2. The number of benzene rings is 1. The third-order valence-corrected chi connectivity index (χ3v) is 4.34. The van der Waals surface area contributed by atoms with Gasteiger partial charge in [0.15, 0.2) is 5.96 Å². The Kier molecular flexibility index (Phi) is 8.33. The molecule has 1 aromatic rings. The summed E-state index contributed by atoms with van der Waals surface area (Å²) in [6, 6.07) is 7.57. The van der Waals surface area contributed by atoms with Crippen molar-refractivity contribution in [2.24, 2.45) is 10.7 Å². The van der Waals surface area contributed by atoms with Crippen molar-refractivity contribution in [3.05, 3.63) is 29.3 Å². The fourth-order valence-corrected chi connectivity index (χ4v) is 3.24. The average Bonchev–Trinajstić information content (AvgIpc) is 2.90. The van der Waals surface area contributed by atoms with E-state index in [2.05, 4.69) is 61.1 Å². The number of nitrogens with two attached hydrogens (primary N) is 1. The lowest BCUT2D eigenvalue weighted by atomic mass is 10.1. The number of hydrogen-bond donors (Lipinski definition) is 2. The minimum Gasteiger partial charge on any atom is -0.370 e. The number of nitrogens with one attached hydrogen (secondary N) is 1. The molecule has 0 unspecified atom stereocenters. The molecule has 0 heterocycles. The maximum atomic E-state index is 6.01. The van der Waals surface area contributed by atoms with Crippen LogP contribution in [0.15, 0.2) is 23.2 Å². The predicted octanol–water partition coefficient (Wildman–Crippen LogP) is 3.64. The van der Waals surface area contributed by atoms with Gasteiger partial charge in [-0.25, -0.2) is 0 Å². The fourth-order valence-electron chi connectivity index (χ4n) is 3.24. The van der Waals surface area contributed by atoms with E-state index < -0.39 is 0 Å². The lowest BCUT2D eigenvalue weighted by Gasteiger charge is -2.29. The van der Waals surface area contributed by atoms with E-state index in [1.165, 1.54) is 30.4 Å². The molecule has 23 heavy (non-hydrogen) atoms. The van der Waals surface area contributed by atoms with Gasteiger partial charge in [0.1, 0.15) is 0 Å². The van der Waals surface area contributed by atoms with E-state index in [1.54, 1.807) is 0 Å². The van der Waals surface area contributed by atoms with Crippen LogP contribution in [0, 0.1) is 0 Å². The summed E-state index contributed by atoms with van der Waals surface area (Å²) in [6.45, 7) is 10.5. The van der Waals surface area contributed by atoms with Crippen molar-refractivity contribution in [1.82, 2.24) is 4.90 Å². The van der Waals surface area contributed by atoms with Crippen molar-refractivity contribution in [3.63, 3.8) is 0 Å². The number of fused-ring (bicyclic) bond motifs is 1. The van der Waals surface area contributed by atoms with E-state index in [1.807, 2.05) is 0 Å². The van der Waals surface area contributed by atoms with Gasteiger partial charge in [0, 0.05) is 24.3 Å². The second kappa shape index (κ2) is 9.47. The molecule has 0 aromatic heterocycles. The molecular formula is C18H31IN4. The largest absolute Gasteiger partial charge is 0.370 e. The van der Waals surface area contributed by atoms with Crippen molar-refractivity contribution in [2.75, 3.05) is 18.4 Å². The summed E-state index contributed by atoms with van der Waals surface area (Å²) in [5, 5.41) is 3.21. The van der Waals surface area contributed by atoms with Gasteiger partial charge < -0.3 is 11.1 Å².